The van der Waals surface area contributed by atoms with Crippen LogP contribution in [0.3, 0.4) is 0 Å². The Balaban J connectivity index is 1.42. The number of fused-ring (bicyclic) bond motifs is 8. The number of H-pyrrole nitrogens is 2. The van der Waals surface area contributed by atoms with Crippen LogP contribution in [0.15, 0.2) is 30.8 Å². The fraction of sp³-hybridized carbons (Fsp3) is 0.474. The average Bonchev–Trinajstić information content (AvgIpc) is 3.77. The van der Waals surface area contributed by atoms with Gasteiger partial charge in [-0.15, -0.1) is 11.8 Å². The van der Waals surface area contributed by atoms with E-state index in [1.165, 1.54) is 22.9 Å². The largest absolute Gasteiger partial charge is 0.394 e. The Hall–Kier alpha value is -3.25. The van der Waals surface area contributed by atoms with Crippen molar-refractivity contribution < 1.29 is 25.2 Å². The molecule has 0 aromatic carbocycles. The third-order valence-electron chi connectivity index (χ3n) is 10.5. The van der Waals surface area contributed by atoms with Gasteiger partial charge in [-0.3, -0.25) is 4.98 Å². The molecule has 0 aliphatic carbocycles. The van der Waals surface area contributed by atoms with Crippen LogP contribution in [0, 0.1) is 20.8 Å². The quantitative estimate of drug-likeness (QED) is 0.150. The molecule has 6 N–H and O–H groups in total. The van der Waals surface area contributed by atoms with Crippen LogP contribution in [-0.4, -0.2) is 82.6 Å². The Morgan fingerprint density at radius 1 is 0.896 bits per heavy atom. The molecule has 3 aliphatic rings. The van der Waals surface area contributed by atoms with Crippen LogP contribution in [-0.2, 0) is 4.74 Å². The summed E-state index contributed by atoms with van der Waals surface area (Å²) in [6, 6.07) is 8.68. The third kappa shape index (κ3) is 6.19. The number of aliphatic hydroxyl groups is 4. The molecule has 6 rings (SSSR count). The highest BCUT2D eigenvalue weighted by Crippen LogP contribution is 2.42. The zero-order valence-corrected chi connectivity index (χ0v) is 29.5. The monoisotopic (exact) mass is 672 g/mol. The molecule has 6 heterocycles. The number of nitrogens with zero attached hydrogens (tertiary/aromatic N) is 2. The fourth-order valence-corrected chi connectivity index (χ4v) is 8.53. The lowest BCUT2D eigenvalue weighted by molar-refractivity contribution is -0.205. The van der Waals surface area contributed by atoms with E-state index in [4.69, 9.17) is 14.7 Å². The molecule has 7 atom stereocenters. The molecule has 3 aromatic rings. The molecule has 1 fully saturated rings. The van der Waals surface area contributed by atoms with Crippen molar-refractivity contribution in [2.24, 2.45) is 0 Å². The molecule has 3 aliphatic heterocycles. The summed E-state index contributed by atoms with van der Waals surface area (Å²) in [5.74, 6) is 0.982. The molecule has 3 aromatic heterocycles. The minimum Gasteiger partial charge on any atom is -0.394 e. The number of thioether (sulfide) groups is 1. The first-order chi connectivity index (χ1) is 23.0. The van der Waals surface area contributed by atoms with Crippen LogP contribution in [0.4, 0.5) is 0 Å². The summed E-state index contributed by atoms with van der Waals surface area (Å²) in [5.41, 5.74) is 14.2. The number of aliphatic hydroxyl groups excluding tert-OH is 4. The lowest BCUT2D eigenvalue weighted by Gasteiger charge is -2.39. The maximum absolute atomic E-state index is 10.5. The van der Waals surface area contributed by atoms with Crippen LogP contribution in [0.1, 0.15) is 96.9 Å². The van der Waals surface area contributed by atoms with Gasteiger partial charge in [0.2, 0.25) is 0 Å². The number of nitrogens with one attached hydrogen (secondary N) is 2. The Labute approximate surface area is 286 Å². The summed E-state index contributed by atoms with van der Waals surface area (Å²) in [7, 11) is 0. The molecular weight excluding hydrogens is 625 g/mol. The van der Waals surface area contributed by atoms with Crippen LogP contribution >= 0.6 is 11.8 Å². The lowest BCUT2D eigenvalue weighted by Crippen LogP contribution is -2.57. The predicted octanol–water partition coefficient (Wildman–Crippen LogP) is 6.42. The average molecular weight is 673 g/mol. The van der Waals surface area contributed by atoms with Gasteiger partial charge in [-0.05, 0) is 105 Å². The van der Waals surface area contributed by atoms with Crippen molar-refractivity contribution in [2.45, 2.75) is 102 Å². The van der Waals surface area contributed by atoms with Crippen LogP contribution in [0.25, 0.3) is 39.3 Å². The molecular formula is C38H48N4O5S. The van der Waals surface area contributed by atoms with Gasteiger partial charge in [0, 0.05) is 50.9 Å². The van der Waals surface area contributed by atoms with Crippen molar-refractivity contribution in [1.29, 1.82) is 0 Å². The van der Waals surface area contributed by atoms with E-state index < -0.39 is 36.5 Å². The van der Waals surface area contributed by atoms with Gasteiger partial charge in [0.25, 0.3) is 0 Å². The van der Waals surface area contributed by atoms with Crippen molar-refractivity contribution in [3.05, 3.63) is 75.9 Å². The predicted molar refractivity (Wildman–Crippen MR) is 195 cm³/mol. The van der Waals surface area contributed by atoms with E-state index in [1.807, 2.05) is 6.08 Å². The van der Waals surface area contributed by atoms with Crippen molar-refractivity contribution in [2.75, 3.05) is 12.4 Å². The van der Waals surface area contributed by atoms with Crippen molar-refractivity contribution in [3.63, 3.8) is 0 Å². The van der Waals surface area contributed by atoms with Gasteiger partial charge in [0.05, 0.1) is 18.0 Å². The van der Waals surface area contributed by atoms with Crippen LogP contribution in [0.5, 0.6) is 0 Å². The second kappa shape index (κ2) is 13.9. The second-order valence-electron chi connectivity index (χ2n) is 13.4. The molecule has 8 bridgehead atoms. The Bertz CT molecular complexity index is 1910. The number of hydrogen-bond acceptors (Lipinski definition) is 8. The first-order valence-electron chi connectivity index (χ1n) is 16.9. The van der Waals surface area contributed by atoms with Gasteiger partial charge in [0.15, 0.2) is 0 Å². The topological polar surface area (TPSA) is 148 Å². The zero-order chi connectivity index (χ0) is 34.4. The van der Waals surface area contributed by atoms with Crippen LogP contribution in [0.2, 0.25) is 0 Å². The Morgan fingerprint density at radius 2 is 1.60 bits per heavy atom. The molecule has 10 heteroatoms. The molecule has 0 radical (unpaired) electrons. The number of aromatic amines is 2. The van der Waals surface area contributed by atoms with E-state index in [0.717, 1.165) is 86.4 Å². The van der Waals surface area contributed by atoms with Crippen molar-refractivity contribution in [3.8, 4) is 0 Å². The first-order valence-corrected chi connectivity index (χ1v) is 18.0. The highest BCUT2D eigenvalue weighted by Gasteiger charge is 2.43. The van der Waals surface area contributed by atoms with E-state index >= 15 is 0 Å². The first kappa shape index (κ1) is 34.6. The summed E-state index contributed by atoms with van der Waals surface area (Å²) in [6.45, 7) is 16.7. The maximum Gasteiger partial charge on any atom is 0.132 e. The third-order valence-corrected chi connectivity index (χ3v) is 11.7. The van der Waals surface area contributed by atoms with E-state index in [-0.39, 0.29) is 11.8 Å². The van der Waals surface area contributed by atoms with Gasteiger partial charge < -0.3 is 35.1 Å². The van der Waals surface area contributed by atoms with Gasteiger partial charge in [-0.25, -0.2) is 4.98 Å². The van der Waals surface area contributed by atoms with E-state index in [2.05, 4.69) is 82.4 Å². The van der Waals surface area contributed by atoms with Gasteiger partial charge in [-0.1, -0.05) is 26.5 Å². The highest BCUT2D eigenvalue weighted by molar-refractivity contribution is 7.99. The summed E-state index contributed by atoms with van der Waals surface area (Å²) < 4.78 is 5.72. The Morgan fingerprint density at radius 3 is 2.31 bits per heavy atom. The van der Waals surface area contributed by atoms with E-state index in [1.54, 1.807) is 0 Å². The van der Waals surface area contributed by atoms with E-state index in [0.29, 0.717) is 5.75 Å². The van der Waals surface area contributed by atoms with E-state index in [9.17, 15) is 20.4 Å². The van der Waals surface area contributed by atoms with Gasteiger partial charge in [-0.2, -0.15) is 0 Å². The molecule has 9 nitrogen and oxygen atoms in total. The standard InChI is InChI=1S/C38H48N4O5S/c1-8-23-20(5)29-16-32-24(9-2)19(4)28(40-32)15-30-21(6)25(11-10-12-48-38-37(46)36(45)35(44)33(17-43)47-38)34(42-30)22(7)27-13-18(3)26(39-27)14-31(23)41-29/h9,13-16,21,25,33,35-40,43-46H,2,8,10-12,17H2,1,3-7H3/t21-,25-,33+,35+,36-,37+,38-/m0/s1. The van der Waals surface area contributed by atoms with Crippen molar-refractivity contribution >= 4 is 51.1 Å². The number of aromatic nitrogens is 4. The maximum atomic E-state index is 10.5. The number of allylic oxidation sites excluding steroid dienone is 2. The second-order valence-corrected chi connectivity index (χ2v) is 14.6. The number of rotatable bonds is 8. The van der Waals surface area contributed by atoms with Gasteiger partial charge in [0.1, 0.15) is 29.9 Å². The molecule has 0 unspecified atom stereocenters. The zero-order valence-electron chi connectivity index (χ0n) is 28.7. The summed E-state index contributed by atoms with van der Waals surface area (Å²) in [5, 5.41) is 40.5. The van der Waals surface area contributed by atoms with Crippen molar-refractivity contribution in [1.82, 2.24) is 19.9 Å². The molecule has 0 amide bonds. The summed E-state index contributed by atoms with van der Waals surface area (Å²) in [6.07, 6.45) is -0.388. The number of ether oxygens (including phenoxy) is 1. The minimum atomic E-state index is -1.37. The van der Waals surface area contributed by atoms with Gasteiger partial charge >= 0.3 is 0 Å². The SMILES string of the molecule is C=Cc1c(C)c2cc3nc(c(C)c4cc(C)c(cc5nc(cc1[nH]2)C(C)=C5CC)[nH]4)[C@@H](CCCS[C@@H]1O[C@H](CO)[C@@H](O)[C@H](O)[C@H]1O)[C@@H]3C. The summed E-state index contributed by atoms with van der Waals surface area (Å²) >= 11 is 1.40. The fourth-order valence-electron chi connectivity index (χ4n) is 7.38. The molecule has 0 saturated carbocycles. The number of hydrogen-bond donors (Lipinski definition) is 6. The molecule has 0 spiro atoms. The minimum absolute atomic E-state index is 0.153. The molecule has 256 valence electrons. The highest BCUT2D eigenvalue weighted by atomic mass is 32.2. The smallest absolute Gasteiger partial charge is 0.132 e. The molecule has 1 saturated heterocycles. The Kier molecular flexibility index (Phi) is 10.0. The summed E-state index contributed by atoms with van der Waals surface area (Å²) in [4.78, 5) is 17.8. The number of aryl methyl sites for hydroxylation is 3. The molecule has 48 heavy (non-hydrogen) atoms. The lowest BCUT2D eigenvalue weighted by atomic mass is 9.86. The normalized spacial score (nSPS) is 25.9. The van der Waals surface area contributed by atoms with Crippen LogP contribution < -0.4 is 0 Å².